The molecule has 2 N–H and O–H groups in total. The summed E-state index contributed by atoms with van der Waals surface area (Å²) in [7, 11) is -4.24. The van der Waals surface area contributed by atoms with Crippen molar-refractivity contribution in [2.45, 2.75) is 63.7 Å². The molecule has 71 heavy (non-hydrogen) atoms. The molecule has 368 valence electrons. The van der Waals surface area contributed by atoms with Crippen molar-refractivity contribution in [2.24, 2.45) is 11.3 Å². The fourth-order valence-electron chi connectivity index (χ4n) is 11.2. The number of pyridine rings is 1. The molecule has 3 aromatic carbocycles. The minimum atomic E-state index is -4.24. The summed E-state index contributed by atoms with van der Waals surface area (Å²) < 4.78 is 65.2. The number of alkyl halides is 1. The van der Waals surface area contributed by atoms with Crippen LogP contribution >= 0.6 is 0 Å². The SMILES string of the molecule is N#Cc1c(NS(=O)(=O)N2CC[C@@H](F)C2)ccc(F)c1Oc1ccc2ncn(-c3ccc(N4CCC(CN5CCC6(CC5)CN(c5cccc7c5CN(C5CCC(=O)NC5=O)C7=O)C6)CC4)nc3)c(=O)c2c1. The molecule has 0 radical (unpaired) electrons. The predicted octanol–water partition coefficient (Wildman–Crippen LogP) is 4.86. The first-order valence-corrected chi connectivity index (χ1v) is 25.5. The van der Waals surface area contributed by atoms with E-state index in [9.17, 15) is 37.2 Å². The normalized spacial score (nSPS) is 21.9. The van der Waals surface area contributed by atoms with Gasteiger partial charge in [-0.3, -0.25) is 33.8 Å². The zero-order valence-electron chi connectivity index (χ0n) is 38.7. The molecule has 3 amide bonds. The number of rotatable bonds is 11. The number of benzene rings is 3. The van der Waals surface area contributed by atoms with Gasteiger partial charge in [-0.05, 0) is 112 Å². The third-order valence-corrected chi connectivity index (χ3v) is 16.7. The first kappa shape index (κ1) is 46.4. The summed E-state index contributed by atoms with van der Waals surface area (Å²) in [5.41, 5.74) is 2.65. The summed E-state index contributed by atoms with van der Waals surface area (Å²) in [4.78, 5) is 69.7. The molecule has 0 bridgehead atoms. The molecular formula is C50H51F2N11O7S. The number of nitriles is 1. The summed E-state index contributed by atoms with van der Waals surface area (Å²) >= 11 is 0. The third-order valence-electron chi connectivity index (χ3n) is 15.2. The number of amides is 3. The Bertz CT molecular complexity index is 3180. The van der Waals surface area contributed by atoms with Crippen molar-refractivity contribution in [3.63, 3.8) is 0 Å². The van der Waals surface area contributed by atoms with Crippen LogP contribution in [0.4, 0.5) is 26.0 Å². The number of anilines is 3. The highest BCUT2D eigenvalue weighted by molar-refractivity contribution is 7.90. The van der Waals surface area contributed by atoms with Gasteiger partial charge in [-0.15, -0.1) is 0 Å². The van der Waals surface area contributed by atoms with Gasteiger partial charge >= 0.3 is 10.2 Å². The molecule has 1 spiro atoms. The number of piperidine rings is 3. The number of nitrogens with zero attached hydrogens (tertiary/aromatic N) is 9. The van der Waals surface area contributed by atoms with Crippen molar-refractivity contribution in [3.8, 4) is 23.3 Å². The molecule has 5 fully saturated rings. The number of likely N-dealkylation sites (tertiary alicyclic amines) is 1. The number of carbonyl (C=O) groups is 3. The minimum absolute atomic E-state index is 0.00557. The summed E-state index contributed by atoms with van der Waals surface area (Å²) in [5.74, 6) is -0.950. The first-order valence-electron chi connectivity index (χ1n) is 24.0. The molecule has 18 nitrogen and oxygen atoms in total. The molecule has 6 aliphatic rings. The van der Waals surface area contributed by atoms with Crippen LogP contribution in [0.15, 0.2) is 78.0 Å². The van der Waals surface area contributed by atoms with Crippen molar-refractivity contribution < 1.29 is 36.3 Å². The number of fused-ring (bicyclic) bond motifs is 2. The maximum atomic E-state index is 15.2. The van der Waals surface area contributed by atoms with E-state index in [-0.39, 0.29) is 60.0 Å². The van der Waals surface area contributed by atoms with E-state index in [0.29, 0.717) is 35.7 Å². The monoisotopic (exact) mass is 987 g/mol. The average Bonchev–Trinajstić information content (AvgIpc) is 3.96. The number of nitrogens with one attached hydrogen (secondary N) is 2. The lowest BCUT2D eigenvalue weighted by molar-refractivity contribution is -0.136. The number of imide groups is 1. The van der Waals surface area contributed by atoms with Crippen LogP contribution in [0, 0.1) is 28.5 Å². The van der Waals surface area contributed by atoms with Crippen LogP contribution in [0.5, 0.6) is 11.5 Å². The Hall–Kier alpha value is -7.02. The van der Waals surface area contributed by atoms with Crippen molar-refractivity contribution in [3.05, 3.63) is 106 Å². The molecule has 5 aromatic rings. The number of halogens is 2. The van der Waals surface area contributed by atoms with E-state index in [1.807, 2.05) is 24.3 Å². The summed E-state index contributed by atoms with van der Waals surface area (Å²) in [6.07, 6.45) is 6.64. The van der Waals surface area contributed by atoms with Crippen LogP contribution in [-0.4, -0.2) is 126 Å². The smallest absolute Gasteiger partial charge is 0.301 e. The molecule has 8 heterocycles. The van der Waals surface area contributed by atoms with Crippen molar-refractivity contribution >= 4 is 56.0 Å². The topological polar surface area (TPSA) is 206 Å². The van der Waals surface area contributed by atoms with E-state index in [4.69, 9.17) is 9.72 Å². The average molecular weight is 988 g/mol. The maximum absolute atomic E-state index is 15.2. The Kier molecular flexibility index (Phi) is 12.0. The summed E-state index contributed by atoms with van der Waals surface area (Å²) in [6.45, 7) is 6.76. The van der Waals surface area contributed by atoms with Crippen LogP contribution in [-0.2, 0) is 26.3 Å². The van der Waals surface area contributed by atoms with Gasteiger partial charge < -0.3 is 24.3 Å². The molecule has 2 aromatic heterocycles. The number of hydrogen-bond acceptors (Lipinski definition) is 13. The van der Waals surface area contributed by atoms with Crippen molar-refractivity contribution in [1.29, 1.82) is 5.26 Å². The fraction of sp³-hybridized carbons (Fsp3) is 0.420. The lowest BCUT2D eigenvalue weighted by Gasteiger charge is -2.55. The predicted molar refractivity (Wildman–Crippen MR) is 258 cm³/mol. The van der Waals surface area contributed by atoms with E-state index < -0.39 is 51.0 Å². The second-order valence-electron chi connectivity index (χ2n) is 19.6. The highest BCUT2D eigenvalue weighted by Crippen LogP contribution is 2.46. The third kappa shape index (κ3) is 8.82. The van der Waals surface area contributed by atoms with Crippen LogP contribution in [0.2, 0.25) is 0 Å². The van der Waals surface area contributed by atoms with Gasteiger partial charge in [-0.2, -0.15) is 18.0 Å². The van der Waals surface area contributed by atoms with Crippen LogP contribution < -0.4 is 30.1 Å². The van der Waals surface area contributed by atoms with E-state index in [2.05, 4.69) is 35.8 Å². The Labute approximate surface area is 408 Å². The second-order valence-corrected chi connectivity index (χ2v) is 21.3. The van der Waals surface area contributed by atoms with Crippen molar-refractivity contribution in [2.75, 3.05) is 73.4 Å². The van der Waals surface area contributed by atoms with Crippen LogP contribution in [0.25, 0.3) is 16.6 Å². The highest BCUT2D eigenvalue weighted by atomic mass is 32.2. The van der Waals surface area contributed by atoms with E-state index in [0.717, 1.165) is 105 Å². The Balaban J connectivity index is 0.676. The van der Waals surface area contributed by atoms with Gasteiger partial charge in [0.1, 0.15) is 41.7 Å². The van der Waals surface area contributed by atoms with Gasteiger partial charge in [0.2, 0.25) is 11.8 Å². The van der Waals surface area contributed by atoms with Crippen LogP contribution in [0.1, 0.15) is 66.4 Å². The van der Waals surface area contributed by atoms with E-state index >= 15 is 4.39 Å². The van der Waals surface area contributed by atoms with Gasteiger partial charge in [-0.1, -0.05) is 6.07 Å². The largest absolute Gasteiger partial charge is 0.453 e. The van der Waals surface area contributed by atoms with Gasteiger partial charge in [0, 0.05) is 81.0 Å². The minimum Gasteiger partial charge on any atom is -0.453 e. The summed E-state index contributed by atoms with van der Waals surface area (Å²) in [6, 6.07) is 17.1. The Morgan fingerprint density at radius 1 is 0.915 bits per heavy atom. The molecule has 2 atom stereocenters. The van der Waals surface area contributed by atoms with Gasteiger partial charge in [0.25, 0.3) is 11.5 Å². The number of carbonyl (C=O) groups excluding carboxylic acids is 3. The molecule has 1 unspecified atom stereocenters. The van der Waals surface area contributed by atoms with Crippen LogP contribution in [0.3, 0.4) is 0 Å². The molecular weight excluding hydrogens is 937 g/mol. The lowest BCUT2D eigenvalue weighted by Crippen LogP contribution is -2.61. The number of aromatic nitrogens is 3. The van der Waals surface area contributed by atoms with Gasteiger partial charge in [-0.25, -0.2) is 18.7 Å². The van der Waals surface area contributed by atoms with Gasteiger partial charge in [0.05, 0.1) is 28.5 Å². The standard InChI is InChI=1S/C50H51F2N11O7S/c51-32-14-19-61(26-32)71(68,69)57-41-8-6-39(52)46(37(41)23-53)70-34-5-7-40-36(22-34)49(67)63(30-55-40)33-4-10-44(54-24-33)59-17-12-31(13-18-59)25-58-20-15-50(16-21-58)28-60(29-50)42-3-1-2-35-38(42)27-62(48(35)66)43-9-11-45(64)56-47(43)65/h1-8,10,22,24,30-32,43,57H,9,11-21,25-29H2,(H,56,64,65)/t32-,43?/m1/s1. The Morgan fingerprint density at radius 2 is 1.72 bits per heavy atom. The number of hydrogen-bond donors (Lipinski definition) is 2. The molecule has 11 rings (SSSR count). The summed E-state index contributed by atoms with van der Waals surface area (Å²) in [5, 5.41) is 12.5. The van der Waals surface area contributed by atoms with Crippen molar-refractivity contribution in [1.82, 2.24) is 34.0 Å². The molecule has 0 saturated carbocycles. The zero-order valence-corrected chi connectivity index (χ0v) is 39.5. The zero-order chi connectivity index (χ0) is 49.2. The lowest BCUT2D eigenvalue weighted by atomic mass is 9.71. The maximum Gasteiger partial charge on any atom is 0.301 e. The molecule has 5 saturated heterocycles. The quantitative estimate of drug-likeness (QED) is 0.170. The number of ether oxygens (including phenoxy) is 1. The van der Waals surface area contributed by atoms with E-state index in [1.54, 1.807) is 17.2 Å². The van der Waals surface area contributed by atoms with Gasteiger partial charge in [0.15, 0.2) is 11.6 Å². The first-order chi connectivity index (χ1) is 34.2. The van der Waals surface area contributed by atoms with E-state index in [1.165, 1.54) is 29.1 Å². The Morgan fingerprint density at radius 3 is 2.44 bits per heavy atom. The second kappa shape index (κ2) is 18.3. The highest BCUT2D eigenvalue weighted by Gasteiger charge is 2.47. The fourth-order valence-corrected chi connectivity index (χ4v) is 12.5. The molecule has 0 aliphatic carbocycles. The molecule has 6 aliphatic heterocycles. The molecule has 21 heteroatoms.